The molecule has 0 aliphatic carbocycles. The first-order valence-electron chi connectivity index (χ1n) is 6.30. The molecule has 0 aliphatic rings. The number of hydrogen-bond donors (Lipinski definition) is 1. The van der Waals surface area contributed by atoms with Crippen LogP contribution in [0.3, 0.4) is 0 Å². The van der Waals surface area contributed by atoms with Crippen LogP contribution in [0.2, 0.25) is 5.02 Å². The summed E-state index contributed by atoms with van der Waals surface area (Å²) in [5, 5.41) is 0.492. The Hall–Kier alpha value is -1.26. The molecule has 0 fully saturated rings. The van der Waals surface area contributed by atoms with E-state index in [1.54, 1.807) is 12.1 Å². The number of anilines is 1. The highest BCUT2D eigenvalue weighted by Crippen LogP contribution is 2.18. The van der Waals surface area contributed by atoms with E-state index in [1.165, 1.54) is 6.07 Å². The molecule has 19 heavy (non-hydrogen) atoms. The maximum atomic E-state index is 11.7. The maximum Gasteiger partial charge on any atom is 0.340 e. The van der Waals surface area contributed by atoms with Crippen LogP contribution in [0.5, 0.6) is 0 Å². The molecule has 0 spiro atoms. The Morgan fingerprint density at radius 3 is 2.68 bits per heavy atom. The van der Waals surface area contributed by atoms with Crippen LogP contribution in [0.25, 0.3) is 0 Å². The van der Waals surface area contributed by atoms with Crippen LogP contribution in [-0.2, 0) is 9.47 Å². The summed E-state index contributed by atoms with van der Waals surface area (Å²) in [6.45, 7) is 5.56. The van der Waals surface area contributed by atoms with Gasteiger partial charge in [0.15, 0.2) is 0 Å². The zero-order valence-corrected chi connectivity index (χ0v) is 12.1. The molecule has 106 valence electrons. The van der Waals surface area contributed by atoms with Gasteiger partial charge in [-0.25, -0.2) is 4.79 Å². The molecule has 0 aromatic heterocycles. The molecule has 0 radical (unpaired) electrons. The smallest absolute Gasteiger partial charge is 0.340 e. The van der Waals surface area contributed by atoms with Gasteiger partial charge in [-0.2, -0.15) is 0 Å². The summed E-state index contributed by atoms with van der Waals surface area (Å²) in [5.41, 5.74) is 6.33. The predicted octanol–water partition coefficient (Wildman–Crippen LogP) is 3.14. The highest BCUT2D eigenvalue weighted by atomic mass is 35.5. The maximum absolute atomic E-state index is 11.7. The zero-order valence-electron chi connectivity index (χ0n) is 11.3. The minimum absolute atomic E-state index is 0.221. The van der Waals surface area contributed by atoms with Crippen LogP contribution in [-0.4, -0.2) is 25.8 Å². The van der Waals surface area contributed by atoms with Gasteiger partial charge in [-0.15, -0.1) is 0 Å². The van der Waals surface area contributed by atoms with Crippen molar-refractivity contribution in [1.29, 1.82) is 0 Å². The molecule has 5 heteroatoms. The summed E-state index contributed by atoms with van der Waals surface area (Å²) >= 11 is 5.76. The number of carbonyl (C=O) groups excluding carboxylic acids is 1. The highest BCUT2D eigenvalue weighted by Gasteiger charge is 2.11. The quantitative estimate of drug-likeness (QED) is 0.475. The fourth-order valence-electron chi connectivity index (χ4n) is 1.41. The van der Waals surface area contributed by atoms with Crippen molar-refractivity contribution < 1.29 is 14.3 Å². The Bertz CT molecular complexity index is 421. The molecule has 0 heterocycles. The van der Waals surface area contributed by atoms with Crippen LogP contribution in [0.1, 0.15) is 30.6 Å². The molecule has 2 N–H and O–H groups in total. The molecule has 0 saturated heterocycles. The van der Waals surface area contributed by atoms with E-state index in [1.807, 2.05) is 0 Å². The van der Waals surface area contributed by atoms with Gasteiger partial charge >= 0.3 is 5.97 Å². The van der Waals surface area contributed by atoms with E-state index in [4.69, 9.17) is 26.8 Å². The average molecular weight is 286 g/mol. The van der Waals surface area contributed by atoms with Gasteiger partial charge in [-0.3, -0.25) is 0 Å². The van der Waals surface area contributed by atoms with E-state index in [-0.39, 0.29) is 6.61 Å². The van der Waals surface area contributed by atoms with E-state index in [0.29, 0.717) is 35.4 Å². The minimum atomic E-state index is -0.457. The Kier molecular flexibility index (Phi) is 6.67. The molecule has 0 saturated carbocycles. The van der Waals surface area contributed by atoms with Gasteiger partial charge in [0.25, 0.3) is 0 Å². The third-order valence-electron chi connectivity index (χ3n) is 2.53. The van der Waals surface area contributed by atoms with Crippen LogP contribution in [0, 0.1) is 5.92 Å². The van der Waals surface area contributed by atoms with Crippen molar-refractivity contribution in [2.45, 2.75) is 20.3 Å². The van der Waals surface area contributed by atoms with E-state index in [9.17, 15) is 4.79 Å². The molecular formula is C14H20ClNO3. The summed E-state index contributed by atoms with van der Waals surface area (Å²) in [6.07, 6.45) is 0.998. The van der Waals surface area contributed by atoms with Crippen molar-refractivity contribution in [3.8, 4) is 0 Å². The van der Waals surface area contributed by atoms with E-state index in [0.717, 1.165) is 6.42 Å². The van der Waals surface area contributed by atoms with Gasteiger partial charge in [-0.1, -0.05) is 25.4 Å². The lowest BCUT2D eigenvalue weighted by Gasteiger charge is -2.08. The minimum Gasteiger partial charge on any atom is -0.460 e. The molecule has 1 aromatic carbocycles. The summed E-state index contributed by atoms with van der Waals surface area (Å²) in [6, 6.07) is 4.69. The number of halogens is 1. The van der Waals surface area contributed by atoms with Gasteiger partial charge in [-0.05, 0) is 30.5 Å². The molecule has 0 unspecified atom stereocenters. The number of esters is 1. The number of nitrogens with two attached hydrogens (primary N) is 1. The number of benzene rings is 1. The topological polar surface area (TPSA) is 61.5 Å². The fraction of sp³-hybridized carbons (Fsp3) is 0.500. The second-order valence-electron chi connectivity index (χ2n) is 4.66. The first-order chi connectivity index (χ1) is 9.00. The second-order valence-corrected chi connectivity index (χ2v) is 5.10. The molecule has 1 aromatic rings. The summed E-state index contributed by atoms with van der Waals surface area (Å²) in [7, 11) is 0. The van der Waals surface area contributed by atoms with Crippen molar-refractivity contribution >= 4 is 23.3 Å². The second kappa shape index (κ2) is 8.02. The van der Waals surface area contributed by atoms with Gasteiger partial charge in [0.1, 0.15) is 6.61 Å². The lowest BCUT2D eigenvalue weighted by atomic mass is 10.1. The Morgan fingerprint density at radius 2 is 2.05 bits per heavy atom. The largest absolute Gasteiger partial charge is 0.460 e. The molecule has 4 nitrogen and oxygen atoms in total. The van der Waals surface area contributed by atoms with Crippen LogP contribution in [0.4, 0.5) is 5.69 Å². The summed E-state index contributed by atoms with van der Waals surface area (Å²) in [5.74, 6) is 0.151. The first kappa shape index (κ1) is 15.8. The number of rotatable bonds is 7. The molecule has 0 aliphatic heterocycles. The fourth-order valence-corrected chi connectivity index (χ4v) is 1.59. The molecule has 1 rings (SSSR count). The summed E-state index contributed by atoms with van der Waals surface area (Å²) < 4.78 is 10.4. The first-order valence-corrected chi connectivity index (χ1v) is 6.68. The highest BCUT2D eigenvalue weighted by molar-refractivity contribution is 6.31. The van der Waals surface area contributed by atoms with E-state index >= 15 is 0 Å². The van der Waals surface area contributed by atoms with Crippen LogP contribution < -0.4 is 5.73 Å². The predicted molar refractivity (Wildman–Crippen MR) is 76.4 cm³/mol. The van der Waals surface area contributed by atoms with Crippen molar-refractivity contribution in [3.63, 3.8) is 0 Å². The Morgan fingerprint density at radius 1 is 1.32 bits per heavy atom. The molecule has 0 atom stereocenters. The van der Waals surface area contributed by atoms with Crippen molar-refractivity contribution in [2.75, 3.05) is 25.6 Å². The average Bonchev–Trinajstić information content (AvgIpc) is 2.32. The van der Waals surface area contributed by atoms with Crippen LogP contribution >= 0.6 is 11.6 Å². The third kappa shape index (κ3) is 5.94. The molecular weight excluding hydrogens is 266 g/mol. The lowest BCUT2D eigenvalue weighted by molar-refractivity contribution is 0.0304. The van der Waals surface area contributed by atoms with Crippen LogP contribution in [0.15, 0.2) is 18.2 Å². The van der Waals surface area contributed by atoms with E-state index in [2.05, 4.69) is 13.8 Å². The van der Waals surface area contributed by atoms with E-state index < -0.39 is 5.97 Å². The van der Waals surface area contributed by atoms with Crippen molar-refractivity contribution in [3.05, 3.63) is 28.8 Å². The monoisotopic (exact) mass is 285 g/mol. The molecule has 0 bridgehead atoms. The van der Waals surface area contributed by atoms with Crippen molar-refractivity contribution in [1.82, 2.24) is 0 Å². The lowest BCUT2D eigenvalue weighted by Crippen LogP contribution is -2.13. The van der Waals surface area contributed by atoms with Gasteiger partial charge in [0.05, 0.1) is 12.2 Å². The standard InChI is InChI=1S/C14H20ClNO3/c1-10(2)5-6-18-7-8-19-14(17)12-4-3-11(15)9-13(12)16/h3-4,9-10H,5-8,16H2,1-2H3. The Balaban J connectivity index is 2.28. The SMILES string of the molecule is CC(C)CCOCCOC(=O)c1ccc(Cl)cc1N. The zero-order chi connectivity index (χ0) is 14.3. The van der Waals surface area contributed by atoms with Gasteiger partial charge in [0.2, 0.25) is 0 Å². The Labute approximate surface area is 118 Å². The van der Waals surface area contributed by atoms with Gasteiger partial charge < -0.3 is 15.2 Å². The molecule has 0 amide bonds. The number of hydrogen-bond acceptors (Lipinski definition) is 4. The number of carbonyl (C=O) groups is 1. The normalized spacial score (nSPS) is 10.7. The van der Waals surface area contributed by atoms with Crippen molar-refractivity contribution in [2.24, 2.45) is 5.92 Å². The number of ether oxygens (including phenoxy) is 2. The third-order valence-corrected chi connectivity index (χ3v) is 2.77. The van der Waals surface area contributed by atoms with Gasteiger partial charge in [0, 0.05) is 17.3 Å². The number of nitrogen functional groups attached to an aromatic ring is 1. The summed E-state index contributed by atoms with van der Waals surface area (Å²) in [4.78, 5) is 11.7.